The Labute approximate surface area is 109 Å². The van der Waals surface area contributed by atoms with Gasteiger partial charge >= 0.3 is 0 Å². The first-order valence-electron chi connectivity index (χ1n) is 6.47. The van der Waals surface area contributed by atoms with E-state index >= 15 is 0 Å². The van der Waals surface area contributed by atoms with E-state index in [9.17, 15) is 5.11 Å². The van der Waals surface area contributed by atoms with Gasteiger partial charge in [0.25, 0.3) is 0 Å². The molecule has 1 heterocycles. The Morgan fingerprint density at radius 1 is 1.28 bits per heavy atom. The van der Waals surface area contributed by atoms with Crippen LogP contribution in [0.15, 0.2) is 30.3 Å². The van der Waals surface area contributed by atoms with E-state index in [1.807, 2.05) is 12.2 Å². The average Bonchev–Trinajstić information content (AvgIpc) is 2.39. The SMILES string of the molecule is Cc1ccc(/C=C/C(O)CN2CCOCC2)cc1. The van der Waals surface area contributed by atoms with Crippen LogP contribution in [0.4, 0.5) is 0 Å². The molecule has 1 aliphatic rings. The van der Waals surface area contributed by atoms with E-state index in [0.29, 0.717) is 6.54 Å². The topological polar surface area (TPSA) is 32.7 Å². The van der Waals surface area contributed by atoms with Crippen LogP contribution in [0.3, 0.4) is 0 Å². The van der Waals surface area contributed by atoms with Crippen molar-refractivity contribution >= 4 is 6.08 Å². The Kier molecular flexibility index (Phi) is 4.93. The molecular weight excluding hydrogens is 226 g/mol. The summed E-state index contributed by atoms with van der Waals surface area (Å²) in [7, 11) is 0. The second-order valence-corrected chi connectivity index (χ2v) is 4.75. The predicted molar refractivity (Wildman–Crippen MR) is 73.5 cm³/mol. The number of hydrogen-bond donors (Lipinski definition) is 1. The maximum absolute atomic E-state index is 9.95. The third-order valence-electron chi connectivity index (χ3n) is 3.14. The molecule has 0 saturated carbocycles. The monoisotopic (exact) mass is 247 g/mol. The summed E-state index contributed by atoms with van der Waals surface area (Å²) in [6.07, 6.45) is 3.43. The Balaban J connectivity index is 1.82. The summed E-state index contributed by atoms with van der Waals surface area (Å²) in [4.78, 5) is 2.23. The molecule has 0 bridgehead atoms. The fourth-order valence-corrected chi connectivity index (χ4v) is 2.01. The minimum Gasteiger partial charge on any atom is -0.388 e. The first kappa shape index (κ1) is 13.3. The molecule has 1 atom stereocenters. The molecule has 18 heavy (non-hydrogen) atoms. The normalized spacial score (nSPS) is 19.2. The molecule has 1 aromatic rings. The second-order valence-electron chi connectivity index (χ2n) is 4.75. The summed E-state index contributed by atoms with van der Waals surface area (Å²) in [5.41, 5.74) is 2.38. The summed E-state index contributed by atoms with van der Waals surface area (Å²) in [6.45, 7) is 6.13. The molecule has 1 unspecified atom stereocenters. The third-order valence-corrected chi connectivity index (χ3v) is 3.14. The number of benzene rings is 1. The van der Waals surface area contributed by atoms with Crippen molar-refractivity contribution in [2.75, 3.05) is 32.8 Å². The van der Waals surface area contributed by atoms with Gasteiger partial charge in [-0.2, -0.15) is 0 Å². The van der Waals surface area contributed by atoms with Gasteiger partial charge in [-0.25, -0.2) is 0 Å². The fraction of sp³-hybridized carbons (Fsp3) is 0.467. The minimum absolute atomic E-state index is 0.413. The highest BCUT2D eigenvalue weighted by atomic mass is 16.5. The number of hydrogen-bond acceptors (Lipinski definition) is 3. The number of morpholine rings is 1. The molecule has 98 valence electrons. The van der Waals surface area contributed by atoms with Gasteiger partial charge in [0.2, 0.25) is 0 Å². The maximum Gasteiger partial charge on any atom is 0.0851 e. The van der Waals surface area contributed by atoms with Gasteiger partial charge in [-0.1, -0.05) is 42.0 Å². The molecule has 0 radical (unpaired) electrons. The lowest BCUT2D eigenvalue weighted by molar-refractivity contribution is 0.0223. The average molecular weight is 247 g/mol. The van der Waals surface area contributed by atoms with Crippen molar-refractivity contribution in [3.63, 3.8) is 0 Å². The number of aliphatic hydroxyl groups excluding tert-OH is 1. The summed E-state index contributed by atoms with van der Waals surface area (Å²) in [5, 5.41) is 9.95. The zero-order valence-corrected chi connectivity index (χ0v) is 10.9. The molecule has 1 saturated heterocycles. The first-order chi connectivity index (χ1) is 8.74. The van der Waals surface area contributed by atoms with Gasteiger partial charge in [0.1, 0.15) is 0 Å². The zero-order chi connectivity index (χ0) is 12.8. The summed E-state index contributed by atoms with van der Waals surface area (Å²) >= 11 is 0. The number of aliphatic hydroxyl groups is 1. The van der Waals surface area contributed by atoms with Crippen molar-refractivity contribution < 1.29 is 9.84 Å². The Hall–Kier alpha value is -1.16. The summed E-state index contributed by atoms with van der Waals surface area (Å²) in [5.74, 6) is 0. The molecule has 0 amide bonds. The molecule has 1 aromatic carbocycles. The molecule has 1 aliphatic heterocycles. The van der Waals surface area contributed by atoms with Gasteiger partial charge in [-0.3, -0.25) is 4.90 Å². The van der Waals surface area contributed by atoms with Crippen molar-refractivity contribution in [3.05, 3.63) is 41.5 Å². The summed E-state index contributed by atoms with van der Waals surface area (Å²) < 4.78 is 5.28. The molecular formula is C15H21NO2. The molecule has 3 heteroatoms. The standard InChI is InChI=1S/C15H21NO2/c1-13-2-4-14(5-3-13)6-7-15(17)12-16-8-10-18-11-9-16/h2-7,15,17H,8-12H2,1H3/b7-6+. The van der Waals surface area contributed by atoms with Crippen LogP contribution in [0.25, 0.3) is 6.08 Å². The lowest BCUT2D eigenvalue weighted by Crippen LogP contribution is -2.40. The van der Waals surface area contributed by atoms with Gasteiger partial charge in [0, 0.05) is 19.6 Å². The van der Waals surface area contributed by atoms with E-state index in [2.05, 4.69) is 36.1 Å². The third kappa shape index (κ3) is 4.26. The summed E-state index contributed by atoms with van der Waals surface area (Å²) in [6, 6.07) is 8.28. The predicted octanol–water partition coefficient (Wildman–Crippen LogP) is 1.70. The van der Waals surface area contributed by atoms with Crippen LogP contribution in [-0.4, -0.2) is 49.0 Å². The lowest BCUT2D eigenvalue weighted by atomic mass is 10.1. The Bertz CT molecular complexity index is 380. The number of rotatable bonds is 4. The zero-order valence-electron chi connectivity index (χ0n) is 10.9. The second kappa shape index (κ2) is 6.69. The van der Waals surface area contributed by atoms with E-state index in [1.165, 1.54) is 5.56 Å². The van der Waals surface area contributed by atoms with Crippen molar-refractivity contribution in [3.8, 4) is 0 Å². The number of β-amino-alcohol motifs (C(OH)–C–C–N with tert-alkyl or cyclic N) is 1. The number of ether oxygens (including phenoxy) is 1. The largest absolute Gasteiger partial charge is 0.388 e. The molecule has 0 aromatic heterocycles. The van der Waals surface area contributed by atoms with Crippen molar-refractivity contribution in [2.45, 2.75) is 13.0 Å². The van der Waals surface area contributed by atoms with E-state index in [0.717, 1.165) is 31.9 Å². The molecule has 1 N–H and O–H groups in total. The van der Waals surface area contributed by atoms with Crippen molar-refractivity contribution in [1.29, 1.82) is 0 Å². The van der Waals surface area contributed by atoms with Gasteiger partial charge in [-0.05, 0) is 12.5 Å². The van der Waals surface area contributed by atoms with Crippen LogP contribution in [0.1, 0.15) is 11.1 Å². The lowest BCUT2D eigenvalue weighted by Gasteiger charge is -2.27. The smallest absolute Gasteiger partial charge is 0.0851 e. The van der Waals surface area contributed by atoms with E-state index in [-0.39, 0.29) is 0 Å². The number of aryl methyl sites for hydroxylation is 1. The van der Waals surface area contributed by atoms with E-state index < -0.39 is 6.10 Å². The van der Waals surface area contributed by atoms with Crippen molar-refractivity contribution in [1.82, 2.24) is 4.90 Å². The number of nitrogens with zero attached hydrogens (tertiary/aromatic N) is 1. The molecule has 0 aliphatic carbocycles. The van der Waals surface area contributed by atoms with E-state index in [4.69, 9.17) is 4.74 Å². The highest BCUT2D eigenvalue weighted by Crippen LogP contribution is 2.06. The Morgan fingerprint density at radius 3 is 2.61 bits per heavy atom. The fourth-order valence-electron chi connectivity index (χ4n) is 2.01. The maximum atomic E-state index is 9.95. The van der Waals surface area contributed by atoms with Gasteiger partial charge < -0.3 is 9.84 Å². The van der Waals surface area contributed by atoms with Crippen LogP contribution in [0.2, 0.25) is 0 Å². The van der Waals surface area contributed by atoms with Gasteiger partial charge in [0.05, 0.1) is 19.3 Å². The molecule has 1 fully saturated rings. The highest BCUT2D eigenvalue weighted by Gasteiger charge is 2.12. The van der Waals surface area contributed by atoms with Crippen molar-refractivity contribution in [2.24, 2.45) is 0 Å². The molecule has 3 nitrogen and oxygen atoms in total. The van der Waals surface area contributed by atoms with Crippen LogP contribution in [0.5, 0.6) is 0 Å². The minimum atomic E-state index is -0.413. The van der Waals surface area contributed by atoms with Crippen LogP contribution >= 0.6 is 0 Å². The van der Waals surface area contributed by atoms with E-state index in [1.54, 1.807) is 0 Å². The molecule has 2 rings (SSSR count). The Morgan fingerprint density at radius 2 is 1.94 bits per heavy atom. The van der Waals surface area contributed by atoms with Crippen LogP contribution in [-0.2, 0) is 4.74 Å². The van der Waals surface area contributed by atoms with Gasteiger partial charge in [0.15, 0.2) is 0 Å². The quantitative estimate of drug-likeness (QED) is 0.879. The highest BCUT2D eigenvalue weighted by molar-refractivity contribution is 5.50. The molecule has 0 spiro atoms. The first-order valence-corrected chi connectivity index (χ1v) is 6.47. The van der Waals surface area contributed by atoms with Crippen LogP contribution in [0, 0.1) is 6.92 Å². The van der Waals surface area contributed by atoms with Gasteiger partial charge in [-0.15, -0.1) is 0 Å². The van der Waals surface area contributed by atoms with Crippen LogP contribution < -0.4 is 0 Å².